The molecule has 1 aliphatic rings. The molecule has 1 aliphatic carbocycles. The number of hydrogen-bond donors (Lipinski definition) is 3. The SMILES string of the molecule is CC(C)(C)OC(=O)NCC1CC1CCCNc1ncc(Cl)n(CC(=O)NCc2ccccc2-n2cncn2)c1=O. The van der Waals surface area contributed by atoms with Gasteiger partial charge in [0.05, 0.1) is 11.9 Å². The number of ether oxygens (including phenoxy) is 1. The molecule has 0 saturated heterocycles. The number of halogens is 1. The number of carbonyl (C=O) groups excluding carboxylic acids is 2. The van der Waals surface area contributed by atoms with Gasteiger partial charge < -0.3 is 20.7 Å². The van der Waals surface area contributed by atoms with Gasteiger partial charge in [0, 0.05) is 19.6 Å². The van der Waals surface area contributed by atoms with Gasteiger partial charge in [-0.2, -0.15) is 5.10 Å². The summed E-state index contributed by atoms with van der Waals surface area (Å²) in [4.78, 5) is 45.5. The highest BCUT2D eigenvalue weighted by atomic mass is 35.5. The topological polar surface area (TPSA) is 145 Å². The predicted molar refractivity (Wildman–Crippen MR) is 150 cm³/mol. The van der Waals surface area contributed by atoms with E-state index in [1.54, 1.807) is 11.0 Å². The fraction of sp³-hybridized carbons (Fsp3) is 0.481. The van der Waals surface area contributed by atoms with Crippen molar-refractivity contribution in [2.24, 2.45) is 11.8 Å². The van der Waals surface area contributed by atoms with Crippen LogP contribution >= 0.6 is 11.6 Å². The van der Waals surface area contributed by atoms with E-state index in [0.717, 1.165) is 30.5 Å². The van der Waals surface area contributed by atoms with Gasteiger partial charge in [-0.05, 0) is 63.5 Å². The summed E-state index contributed by atoms with van der Waals surface area (Å²) < 4.78 is 8.07. The molecule has 4 rings (SSSR count). The third-order valence-electron chi connectivity index (χ3n) is 6.46. The van der Waals surface area contributed by atoms with E-state index in [1.807, 2.05) is 45.0 Å². The van der Waals surface area contributed by atoms with Crippen molar-refractivity contribution in [1.29, 1.82) is 0 Å². The predicted octanol–water partition coefficient (Wildman–Crippen LogP) is 3.15. The monoisotopic (exact) mass is 570 g/mol. The Morgan fingerprint density at radius 1 is 1.18 bits per heavy atom. The fourth-order valence-electron chi connectivity index (χ4n) is 4.36. The largest absolute Gasteiger partial charge is 0.444 e. The summed E-state index contributed by atoms with van der Waals surface area (Å²) in [7, 11) is 0. The molecule has 3 N–H and O–H groups in total. The molecule has 13 heteroatoms. The van der Waals surface area contributed by atoms with Gasteiger partial charge in [0.1, 0.15) is 30.0 Å². The third-order valence-corrected chi connectivity index (χ3v) is 6.76. The molecule has 0 radical (unpaired) electrons. The number of nitrogens with one attached hydrogen (secondary N) is 3. The van der Waals surface area contributed by atoms with Crippen molar-refractivity contribution in [3.8, 4) is 5.69 Å². The number of alkyl carbamates (subject to hydrolysis) is 1. The van der Waals surface area contributed by atoms with Crippen LogP contribution in [0, 0.1) is 11.8 Å². The zero-order valence-electron chi connectivity index (χ0n) is 22.9. The molecular weight excluding hydrogens is 536 g/mol. The first-order chi connectivity index (χ1) is 19.1. The summed E-state index contributed by atoms with van der Waals surface area (Å²) in [6.45, 7) is 6.66. The lowest BCUT2D eigenvalue weighted by Crippen LogP contribution is -2.34. The van der Waals surface area contributed by atoms with E-state index in [1.165, 1.54) is 17.1 Å². The number of amides is 2. The third kappa shape index (κ3) is 8.28. The van der Waals surface area contributed by atoms with Crippen LogP contribution in [0.5, 0.6) is 0 Å². The Hall–Kier alpha value is -3.93. The number of aromatic nitrogens is 5. The Labute approximate surface area is 237 Å². The summed E-state index contributed by atoms with van der Waals surface area (Å²) >= 11 is 6.21. The van der Waals surface area contributed by atoms with Crippen molar-refractivity contribution in [3.05, 3.63) is 64.2 Å². The Bertz CT molecular complexity index is 1370. The van der Waals surface area contributed by atoms with E-state index >= 15 is 0 Å². The summed E-state index contributed by atoms with van der Waals surface area (Å²) in [5.41, 5.74) is 0.664. The van der Waals surface area contributed by atoms with Gasteiger partial charge in [-0.15, -0.1) is 0 Å². The van der Waals surface area contributed by atoms with Gasteiger partial charge in [-0.3, -0.25) is 14.2 Å². The second-order valence-corrected chi connectivity index (χ2v) is 11.2. The van der Waals surface area contributed by atoms with E-state index in [0.29, 0.717) is 24.9 Å². The summed E-state index contributed by atoms with van der Waals surface area (Å²) in [6, 6.07) is 7.50. The lowest BCUT2D eigenvalue weighted by molar-refractivity contribution is -0.121. The minimum Gasteiger partial charge on any atom is -0.444 e. The molecular formula is C27H35ClN8O4. The number of benzene rings is 1. The highest BCUT2D eigenvalue weighted by Gasteiger charge is 2.36. The van der Waals surface area contributed by atoms with Gasteiger partial charge in [-0.1, -0.05) is 29.8 Å². The van der Waals surface area contributed by atoms with Crippen LogP contribution in [0.2, 0.25) is 5.15 Å². The fourth-order valence-corrected chi connectivity index (χ4v) is 4.54. The first-order valence-corrected chi connectivity index (χ1v) is 13.6. The van der Waals surface area contributed by atoms with Crippen LogP contribution in [0.3, 0.4) is 0 Å². The molecule has 3 aromatic rings. The quantitative estimate of drug-likeness (QED) is 0.282. The molecule has 0 spiro atoms. The molecule has 40 heavy (non-hydrogen) atoms. The Kier molecular flexibility index (Phi) is 9.41. The van der Waals surface area contributed by atoms with E-state index in [4.69, 9.17) is 16.3 Å². The van der Waals surface area contributed by atoms with E-state index in [2.05, 4.69) is 31.0 Å². The highest BCUT2D eigenvalue weighted by Crippen LogP contribution is 2.41. The van der Waals surface area contributed by atoms with Gasteiger partial charge in [0.2, 0.25) is 5.91 Å². The van der Waals surface area contributed by atoms with Crippen molar-refractivity contribution in [3.63, 3.8) is 0 Å². The average molecular weight is 571 g/mol. The van der Waals surface area contributed by atoms with E-state index in [9.17, 15) is 14.4 Å². The second kappa shape index (κ2) is 12.9. The van der Waals surface area contributed by atoms with Gasteiger partial charge >= 0.3 is 6.09 Å². The zero-order chi connectivity index (χ0) is 28.7. The number of anilines is 1. The van der Waals surface area contributed by atoms with Crippen LogP contribution < -0.4 is 21.5 Å². The smallest absolute Gasteiger partial charge is 0.407 e. The molecule has 2 aromatic heterocycles. The van der Waals surface area contributed by atoms with E-state index < -0.39 is 17.3 Å². The molecule has 2 unspecified atom stereocenters. The molecule has 214 valence electrons. The van der Waals surface area contributed by atoms with Crippen LogP contribution in [0.25, 0.3) is 5.69 Å². The van der Waals surface area contributed by atoms with Gasteiger partial charge in [-0.25, -0.2) is 19.4 Å². The Balaban J connectivity index is 1.22. The summed E-state index contributed by atoms with van der Waals surface area (Å²) in [5.74, 6) is 0.757. The highest BCUT2D eigenvalue weighted by molar-refractivity contribution is 6.29. The number of nitrogens with zero attached hydrogens (tertiary/aromatic N) is 5. The zero-order valence-corrected chi connectivity index (χ0v) is 23.6. The van der Waals surface area contributed by atoms with Gasteiger partial charge in [0.25, 0.3) is 5.56 Å². The van der Waals surface area contributed by atoms with Crippen LogP contribution in [0.1, 0.15) is 45.6 Å². The lowest BCUT2D eigenvalue weighted by Gasteiger charge is -2.19. The summed E-state index contributed by atoms with van der Waals surface area (Å²) in [6.07, 6.45) is 6.84. The van der Waals surface area contributed by atoms with Crippen molar-refractivity contribution >= 4 is 29.4 Å². The number of hydrogen-bond acceptors (Lipinski definition) is 8. The van der Waals surface area contributed by atoms with Crippen molar-refractivity contribution in [1.82, 2.24) is 34.9 Å². The Morgan fingerprint density at radius 3 is 2.73 bits per heavy atom. The normalized spacial score (nSPS) is 16.3. The molecule has 0 aliphatic heterocycles. The second-order valence-electron chi connectivity index (χ2n) is 10.8. The Morgan fingerprint density at radius 2 is 1.98 bits per heavy atom. The molecule has 1 aromatic carbocycles. The number of carbonyl (C=O) groups is 2. The molecule has 2 atom stereocenters. The number of para-hydroxylation sites is 1. The molecule has 2 amide bonds. The maximum absolute atomic E-state index is 13.0. The van der Waals surface area contributed by atoms with Crippen molar-refractivity contribution < 1.29 is 14.3 Å². The maximum Gasteiger partial charge on any atom is 0.407 e. The summed E-state index contributed by atoms with van der Waals surface area (Å²) in [5, 5.41) is 12.9. The minimum absolute atomic E-state index is 0.0759. The van der Waals surface area contributed by atoms with Crippen LogP contribution in [-0.2, 0) is 22.6 Å². The number of rotatable bonds is 12. The molecule has 1 fully saturated rings. The minimum atomic E-state index is -0.512. The standard InChI is InChI=1S/C27H35ClN8O4/c1-27(2,3)40-26(39)33-13-20-11-18(20)8-6-10-30-24-25(38)35(22(28)14-32-24)15-23(37)31-12-19-7-4-5-9-21(19)36-17-29-16-34-36/h4-5,7,9,14,16-18,20H,6,8,10-13,15H2,1-3H3,(H,30,32)(H,31,37)(H,33,39). The molecule has 12 nitrogen and oxygen atoms in total. The van der Waals surface area contributed by atoms with E-state index in [-0.39, 0.29) is 30.0 Å². The molecule has 0 bridgehead atoms. The van der Waals surface area contributed by atoms with Crippen LogP contribution in [-0.4, -0.2) is 55.0 Å². The van der Waals surface area contributed by atoms with Crippen LogP contribution in [0.15, 0.2) is 47.9 Å². The first kappa shape index (κ1) is 29.1. The lowest BCUT2D eigenvalue weighted by atomic mass is 10.2. The first-order valence-electron chi connectivity index (χ1n) is 13.3. The average Bonchev–Trinajstić information content (AvgIpc) is 3.42. The van der Waals surface area contributed by atoms with Crippen molar-refractivity contribution in [2.45, 2.75) is 58.7 Å². The van der Waals surface area contributed by atoms with Gasteiger partial charge in [0.15, 0.2) is 5.82 Å². The molecule has 2 heterocycles. The van der Waals surface area contributed by atoms with Crippen molar-refractivity contribution in [2.75, 3.05) is 18.4 Å². The maximum atomic E-state index is 13.0. The van der Waals surface area contributed by atoms with Crippen LogP contribution in [0.4, 0.5) is 10.6 Å². The molecule has 1 saturated carbocycles.